The summed E-state index contributed by atoms with van der Waals surface area (Å²) in [5, 5.41) is 0. The molecule has 0 bridgehead atoms. The van der Waals surface area contributed by atoms with Gasteiger partial charge in [0.1, 0.15) is 0 Å². The molecule has 1 nitrogen and oxygen atoms in total. The van der Waals surface area contributed by atoms with Gasteiger partial charge in [-0.2, -0.15) is 0 Å². The van der Waals surface area contributed by atoms with Gasteiger partial charge in [-0.3, -0.25) is 0 Å². The summed E-state index contributed by atoms with van der Waals surface area (Å²) >= 11 is 0. The zero-order valence-corrected chi connectivity index (χ0v) is 6.09. The van der Waals surface area contributed by atoms with Crippen molar-refractivity contribution in [3.8, 4) is 0 Å². The first-order chi connectivity index (χ1) is 2.73. The van der Waals surface area contributed by atoms with E-state index in [4.69, 9.17) is 0 Å². The zero-order chi connectivity index (χ0) is 5.58. The van der Waals surface area contributed by atoms with E-state index in [1.54, 1.807) is 0 Å². The van der Waals surface area contributed by atoms with Crippen molar-refractivity contribution in [1.82, 2.24) is 4.90 Å². The number of rotatable bonds is 0. The molecule has 0 rings (SSSR count). The van der Waals surface area contributed by atoms with Gasteiger partial charge < -0.3 is 4.90 Å². The molecule has 0 atom stereocenters. The maximum atomic E-state index is 3.00. The summed E-state index contributed by atoms with van der Waals surface area (Å²) < 4.78 is 0. The molecule has 0 saturated heterocycles. The average molecular weight is 124 g/mol. The molecule has 0 unspecified atom stereocenters. The summed E-state index contributed by atoms with van der Waals surface area (Å²) in [5.41, 5.74) is 0. The first kappa shape index (κ1) is 15.8. The van der Waals surface area contributed by atoms with Crippen molar-refractivity contribution < 1.29 is 0 Å². The normalized spacial score (nSPS) is 5.71. The Balaban J connectivity index is -0.0000000480. The molecule has 0 aromatic heterocycles. The molecular weight excluding hydrogens is 110 g/mol. The molecule has 7 heavy (non-hydrogen) atoms. The van der Waals surface area contributed by atoms with Gasteiger partial charge in [0.15, 0.2) is 0 Å². The molecule has 0 aliphatic carbocycles. The van der Waals surface area contributed by atoms with Crippen LogP contribution in [0.25, 0.3) is 0 Å². The molecule has 0 fully saturated rings. The van der Waals surface area contributed by atoms with Gasteiger partial charge in [-0.25, -0.2) is 0 Å². The van der Waals surface area contributed by atoms with Crippen LogP contribution in [0.5, 0.6) is 0 Å². The molecule has 0 spiro atoms. The number of nitrogens with zero attached hydrogens (tertiary/aromatic N) is 1. The Kier molecular flexibility index (Phi) is 37.5. The first-order valence-corrected chi connectivity index (χ1v) is 1.84. The van der Waals surface area contributed by atoms with E-state index in [0.717, 1.165) is 0 Å². The monoisotopic (exact) mass is 123 g/mol. The zero-order valence-electron chi connectivity index (χ0n) is 5.27. The third-order valence-corrected chi connectivity index (χ3v) is 0. The van der Waals surface area contributed by atoms with Crippen molar-refractivity contribution in [3.05, 3.63) is 13.2 Å². The van der Waals surface area contributed by atoms with Crippen LogP contribution in [0.4, 0.5) is 0 Å². The fourth-order valence-corrected chi connectivity index (χ4v) is 0. The summed E-state index contributed by atoms with van der Waals surface area (Å²) in [7, 11) is 6.00. The molecule has 0 aromatic rings. The highest BCUT2D eigenvalue weighted by molar-refractivity contribution is 5.85. The number of hydrogen-bond donors (Lipinski definition) is 0. The minimum absolute atomic E-state index is 0. The van der Waals surface area contributed by atoms with Gasteiger partial charge in [-0.05, 0) is 21.1 Å². The Morgan fingerprint density at radius 2 is 1.00 bits per heavy atom. The fourth-order valence-electron chi connectivity index (χ4n) is 0. The smallest absolute Gasteiger partial charge is 0.0140 e. The van der Waals surface area contributed by atoms with Crippen LogP contribution in [0, 0.1) is 0 Å². The standard InChI is InChI=1S/C3H9N.C2H4.ClH/c1-4(2)3;1-2;/h1-3H3;1-2H2;1H. The van der Waals surface area contributed by atoms with Crippen LogP contribution in [-0.4, -0.2) is 26.0 Å². The Bertz CT molecular complexity index is 19.3. The van der Waals surface area contributed by atoms with Gasteiger partial charge in [-0.1, -0.05) is 0 Å². The predicted octanol–water partition coefficient (Wildman–Crippen LogP) is 1.40. The Morgan fingerprint density at radius 3 is 1.00 bits per heavy atom. The van der Waals surface area contributed by atoms with Crippen LogP contribution in [-0.2, 0) is 0 Å². The molecule has 0 heterocycles. The third-order valence-electron chi connectivity index (χ3n) is 0. The highest BCUT2D eigenvalue weighted by Crippen LogP contribution is 1.47. The van der Waals surface area contributed by atoms with E-state index in [1.807, 2.05) is 26.0 Å². The average Bonchev–Trinajstić information content (AvgIpc) is 1.41. The van der Waals surface area contributed by atoms with Crippen LogP contribution in [0.15, 0.2) is 13.2 Å². The predicted molar refractivity (Wildman–Crippen MR) is 38.1 cm³/mol. The van der Waals surface area contributed by atoms with Crippen LogP contribution >= 0.6 is 12.4 Å². The minimum atomic E-state index is 0. The molecule has 0 saturated carbocycles. The summed E-state index contributed by atoms with van der Waals surface area (Å²) in [6.07, 6.45) is 0. The molecule has 0 aliphatic rings. The maximum Gasteiger partial charge on any atom is -0.0140 e. The summed E-state index contributed by atoms with van der Waals surface area (Å²) in [5.74, 6) is 0. The van der Waals surface area contributed by atoms with Gasteiger partial charge in [-0.15, -0.1) is 25.6 Å². The minimum Gasteiger partial charge on any atom is -0.312 e. The Labute approximate surface area is 52.4 Å². The lowest BCUT2D eigenvalue weighted by atomic mass is 11.0. The van der Waals surface area contributed by atoms with Crippen molar-refractivity contribution in [2.45, 2.75) is 0 Å². The van der Waals surface area contributed by atoms with E-state index >= 15 is 0 Å². The van der Waals surface area contributed by atoms with Crippen LogP contribution < -0.4 is 0 Å². The van der Waals surface area contributed by atoms with Crippen LogP contribution in [0.1, 0.15) is 0 Å². The van der Waals surface area contributed by atoms with Gasteiger partial charge in [0, 0.05) is 0 Å². The molecule has 2 heteroatoms. The summed E-state index contributed by atoms with van der Waals surface area (Å²) in [4.78, 5) is 2.00. The second-order valence-corrected chi connectivity index (χ2v) is 1.34. The quantitative estimate of drug-likeness (QED) is 0.441. The first-order valence-electron chi connectivity index (χ1n) is 1.84. The SMILES string of the molecule is C=C.CN(C)C.Cl. The van der Waals surface area contributed by atoms with E-state index in [1.165, 1.54) is 0 Å². The third kappa shape index (κ3) is 954000. The fraction of sp³-hybridized carbons (Fsp3) is 0.600. The van der Waals surface area contributed by atoms with E-state index in [2.05, 4.69) is 13.2 Å². The van der Waals surface area contributed by atoms with Gasteiger partial charge in [0.05, 0.1) is 0 Å². The van der Waals surface area contributed by atoms with Crippen molar-refractivity contribution in [3.63, 3.8) is 0 Å². The maximum absolute atomic E-state index is 3.00. The van der Waals surface area contributed by atoms with E-state index < -0.39 is 0 Å². The lowest BCUT2D eigenvalue weighted by Gasteiger charge is -1.90. The Hall–Kier alpha value is -0.0100. The molecule has 0 aromatic carbocycles. The van der Waals surface area contributed by atoms with E-state index in [-0.39, 0.29) is 12.4 Å². The van der Waals surface area contributed by atoms with Gasteiger partial charge in [0.2, 0.25) is 0 Å². The van der Waals surface area contributed by atoms with Crippen molar-refractivity contribution >= 4 is 12.4 Å². The Morgan fingerprint density at radius 1 is 1.00 bits per heavy atom. The van der Waals surface area contributed by atoms with Gasteiger partial charge >= 0.3 is 0 Å². The highest BCUT2D eigenvalue weighted by atomic mass is 35.5. The molecule has 0 aliphatic heterocycles. The molecule has 0 amide bonds. The second-order valence-electron chi connectivity index (χ2n) is 1.34. The lowest BCUT2D eigenvalue weighted by molar-refractivity contribution is 0.505. The molecular formula is C5H14ClN. The topological polar surface area (TPSA) is 3.24 Å². The number of hydrogen-bond acceptors (Lipinski definition) is 1. The molecule has 0 radical (unpaired) electrons. The summed E-state index contributed by atoms with van der Waals surface area (Å²) in [6.45, 7) is 6.00. The van der Waals surface area contributed by atoms with E-state index in [0.29, 0.717) is 0 Å². The summed E-state index contributed by atoms with van der Waals surface area (Å²) in [6, 6.07) is 0. The molecule has 0 N–H and O–H groups in total. The van der Waals surface area contributed by atoms with Crippen molar-refractivity contribution in [2.24, 2.45) is 0 Å². The van der Waals surface area contributed by atoms with Crippen LogP contribution in [0.3, 0.4) is 0 Å². The van der Waals surface area contributed by atoms with Crippen molar-refractivity contribution in [2.75, 3.05) is 21.1 Å². The largest absolute Gasteiger partial charge is 0.312 e. The van der Waals surface area contributed by atoms with Crippen molar-refractivity contribution in [1.29, 1.82) is 0 Å². The van der Waals surface area contributed by atoms with Gasteiger partial charge in [0.25, 0.3) is 0 Å². The highest BCUT2D eigenvalue weighted by Gasteiger charge is 1.58. The number of halogens is 1. The van der Waals surface area contributed by atoms with Crippen LogP contribution in [0.2, 0.25) is 0 Å². The van der Waals surface area contributed by atoms with E-state index in [9.17, 15) is 0 Å². The molecule has 46 valence electrons. The lowest BCUT2D eigenvalue weighted by Crippen LogP contribution is -1.99. The second kappa shape index (κ2) is 16.7.